The molecular weight excluding hydrogens is 469 g/mol. The Hall–Kier alpha value is -3.36. The zero-order chi connectivity index (χ0) is 24.1. The van der Waals surface area contributed by atoms with Crippen molar-refractivity contribution in [3.63, 3.8) is 0 Å². The summed E-state index contributed by atoms with van der Waals surface area (Å²) in [7, 11) is -4.61. The number of aliphatic carboxylic acids is 1. The molecule has 0 spiro atoms. The number of amidine groups is 1. The number of hydrogen-bond acceptors (Lipinski definition) is 8. The Morgan fingerprint density at radius 2 is 1.94 bits per heavy atom. The predicted octanol–water partition coefficient (Wildman–Crippen LogP) is 0.780. The lowest BCUT2D eigenvalue weighted by Crippen LogP contribution is -2.45. The van der Waals surface area contributed by atoms with Gasteiger partial charge in [-0.1, -0.05) is 0 Å². The molecule has 1 heterocycles. The van der Waals surface area contributed by atoms with E-state index >= 15 is 0 Å². The highest BCUT2D eigenvalue weighted by Gasteiger charge is 2.25. The van der Waals surface area contributed by atoms with E-state index in [-0.39, 0.29) is 34.9 Å². The lowest BCUT2D eigenvalue weighted by molar-refractivity contribution is -0.141. The lowest BCUT2D eigenvalue weighted by atomic mass is 10.2. The first kappa shape index (κ1) is 24.9. The van der Waals surface area contributed by atoms with E-state index in [9.17, 15) is 27.2 Å². The molecule has 32 heavy (non-hydrogen) atoms. The summed E-state index contributed by atoms with van der Waals surface area (Å²) in [5.74, 6) is -6.00. The highest BCUT2D eigenvalue weighted by Crippen LogP contribution is 2.23. The number of carbonyl (C=O) groups is 3. The average molecular weight is 487 g/mol. The summed E-state index contributed by atoms with van der Waals surface area (Å²) in [6.45, 7) is 0. The van der Waals surface area contributed by atoms with Crippen molar-refractivity contribution in [2.45, 2.75) is 18.9 Å². The number of hydrogen-bond donors (Lipinski definition) is 5. The van der Waals surface area contributed by atoms with Crippen molar-refractivity contribution in [2.75, 3.05) is 5.75 Å². The van der Waals surface area contributed by atoms with Crippen LogP contribution in [0, 0.1) is 11.2 Å². The largest absolute Gasteiger partial charge is 0.480 e. The van der Waals surface area contributed by atoms with Crippen molar-refractivity contribution in [1.82, 2.24) is 5.32 Å². The smallest absolute Gasteiger partial charge is 0.353 e. The first-order valence-corrected chi connectivity index (χ1v) is 11.2. The van der Waals surface area contributed by atoms with Crippen LogP contribution in [0.1, 0.15) is 26.5 Å². The van der Waals surface area contributed by atoms with E-state index < -0.39 is 45.6 Å². The van der Waals surface area contributed by atoms with E-state index in [0.717, 1.165) is 23.5 Å². The van der Waals surface area contributed by atoms with Crippen molar-refractivity contribution < 1.29 is 41.6 Å². The summed E-state index contributed by atoms with van der Waals surface area (Å²) in [5.41, 5.74) is 5.39. The Morgan fingerprint density at radius 1 is 1.25 bits per heavy atom. The quantitative estimate of drug-likeness (QED) is 0.106. The Kier molecular flexibility index (Phi) is 8.02. The number of benzene rings is 1. The molecule has 0 aliphatic carbocycles. The maximum Gasteiger partial charge on any atom is 0.353 e. The summed E-state index contributed by atoms with van der Waals surface area (Å²) in [6, 6.07) is 4.55. The van der Waals surface area contributed by atoms with Gasteiger partial charge in [0, 0.05) is 16.9 Å². The number of amides is 1. The van der Waals surface area contributed by atoms with E-state index in [2.05, 4.69) is 0 Å². The number of nitrogens with two attached hydrogens (primary N) is 1. The van der Waals surface area contributed by atoms with Crippen LogP contribution in [0.4, 0.5) is 4.39 Å². The van der Waals surface area contributed by atoms with Gasteiger partial charge in [0.1, 0.15) is 22.5 Å². The standard InChI is InChI=1S/C18H18FN3O8S2/c19-11-7-9(16(20)21)1-4-13(11)30-18(26)14-5-2-10(31-14)3-6-15(23)22-12(17(24)25)8-32(27,28)29/h1-2,4-5,7,12H,3,6,8H2,(H3,20,21)(H,22,23)(H,24,25)(H,27,28,29)/t12-/m0/s1. The van der Waals surface area contributed by atoms with Crippen LogP contribution in [0.5, 0.6) is 5.75 Å². The van der Waals surface area contributed by atoms with Crippen LogP contribution in [-0.2, 0) is 26.1 Å². The second-order valence-corrected chi connectivity index (χ2v) is 9.09. The van der Waals surface area contributed by atoms with Crippen molar-refractivity contribution in [2.24, 2.45) is 5.73 Å². The van der Waals surface area contributed by atoms with Gasteiger partial charge in [0.05, 0.1) is 0 Å². The van der Waals surface area contributed by atoms with Gasteiger partial charge in [0.25, 0.3) is 10.1 Å². The number of ether oxygens (including phenoxy) is 1. The zero-order valence-electron chi connectivity index (χ0n) is 16.2. The van der Waals surface area contributed by atoms with Crippen molar-refractivity contribution in [3.8, 4) is 5.75 Å². The molecule has 0 saturated carbocycles. The number of carboxylic acid groups (broad SMARTS) is 1. The van der Waals surface area contributed by atoms with E-state index in [0.29, 0.717) is 4.88 Å². The van der Waals surface area contributed by atoms with Crippen LogP contribution in [0.15, 0.2) is 30.3 Å². The molecule has 0 radical (unpaired) electrons. The van der Waals surface area contributed by atoms with Crippen LogP contribution in [0.3, 0.4) is 0 Å². The Morgan fingerprint density at radius 3 is 2.50 bits per heavy atom. The van der Waals surface area contributed by atoms with E-state index in [1.807, 2.05) is 5.32 Å². The third-order valence-electron chi connectivity index (χ3n) is 3.92. The number of aryl methyl sites for hydroxylation is 1. The molecular formula is C18H18FN3O8S2. The summed E-state index contributed by atoms with van der Waals surface area (Å²) in [4.78, 5) is 35.8. The van der Waals surface area contributed by atoms with Crippen LogP contribution < -0.4 is 15.8 Å². The molecule has 1 aromatic heterocycles. The fourth-order valence-electron chi connectivity index (χ4n) is 2.41. The minimum absolute atomic E-state index is 0.101. The molecule has 0 saturated heterocycles. The normalized spacial score (nSPS) is 12.1. The highest BCUT2D eigenvalue weighted by molar-refractivity contribution is 7.85. The molecule has 2 rings (SSSR count). The molecule has 1 amide bonds. The fraction of sp³-hybridized carbons (Fsp3) is 0.222. The van der Waals surface area contributed by atoms with Crippen LogP contribution >= 0.6 is 11.3 Å². The van der Waals surface area contributed by atoms with E-state index in [1.54, 1.807) is 0 Å². The van der Waals surface area contributed by atoms with Gasteiger partial charge in [0.2, 0.25) is 5.91 Å². The van der Waals surface area contributed by atoms with Gasteiger partial charge in [-0.2, -0.15) is 8.42 Å². The molecule has 1 atom stereocenters. The van der Waals surface area contributed by atoms with Gasteiger partial charge >= 0.3 is 11.9 Å². The van der Waals surface area contributed by atoms with Crippen LogP contribution in [0.25, 0.3) is 0 Å². The average Bonchev–Trinajstić information content (AvgIpc) is 3.15. The van der Waals surface area contributed by atoms with Gasteiger partial charge in [-0.05, 0) is 36.8 Å². The van der Waals surface area contributed by atoms with E-state index in [4.69, 9.17) is 25.5 Å². The minimum atomic E-state index is -4.61. The van der Waals surface area contributed by atoms with Crippen molar-refractivity contribution in [3.05, 3.63) is 51.5 Å². The minimum Gasteiger partial charge on any atom is -0.480 e. The van der Waals surface area contributed by atoms with Gasteiger partial charge in [-0.15, -0.1) is 11.3 Å². The number of nitrogen functional groups attached to an aromatic ring is 1. The monoisotopic (exact) mass is 487 g/mol. The summed E-state index contributed by atoms with van der Waals surface area (Å²) in [5, 5.41) is 18.2. The fourth-order valence-corrected chi connectivity index (χ4v) is 3.94. The maximum absolute atomic E-state index is 14.0. The lowest BCUT2D eigenvalue weighted by Gasteiger charge is -2.12. The van der Waals surface area contributed by atoms with Crippen molar-refractivity contribution >= 4 is 45.1 Å². The third-order valence-corrected chi connectivity index (χ3v) is 5.80. The molecule has 2 aromatic rings. The molecule has 0 unspecified atom stereocenters. The molecule has 172 valence electrons. The van der Waals surface area contributed by atoms with Gasteiger partial charge in [-0.25, -0.2) is 14.0 Å². The first-order valence-electron chi connectivity index (χ1n) is 8.78. The van der Waals surface area contributed by atoms with Gasteiger partial charge in [0.15, 0.2) is 11.6 Å². The number of carbonyl (C=O) groups excluding carboxylic acids is 2. The molecule has 6 N–H and O–H groups in total. The number of rotatable bonds is 10. The number of halogens is 1. The van der Waals surface area contributed by atoms with Crippen LogP contribution in [-0.4, -0.2) is 53.6 Å². The zero-order valence-corrected chi connectivity index (χ0v) is 17.8. The number of esters is 1. The van der Waals surface area contributed by atoms with Gasteiger partial charge in [-0.3, -0.25) is 14.8 Å². The molecule has 0 aliphatic rings. The topological polar surface area (TPSA) is 197 Å². The predicted molar refractivity (Wildman–Crippen MR) is 111 cm³/mol. The Balaban J connectivity index is 1.95. The highest BCUT2D eigenvalue weighted by atomic mass is 32.2. The second-order valence-electron chi connectivity index (χ2n) is 6.42. The van der Waals surface area contributed by atoms with E-state index in [1.165, 1.54) is 18.2 Å². The summed E-state index contributed by atoms with van der Waals surface area (Å²) >= 11 is 0.968. The number of thiophene rings is 1. The first-order chi connectivity index (χ1) is 14.9. The second kappa shape index (κ2) is 10.3. The molecule has 0 aliphatic heterocycles. The molecule has 14 heteroatoms. The van der Waals surface area contributed by atoms with Crippen molar-refractivity contribution in [1.29, 1.82) is 5.41 Å². The number of carboxylic acids is 1. The molecule has 0 bridgehead atoms. The Bertz CT molecular complexity index is 1160. The summed E-state index contributed by atoms with van der Waals surface area (Å²) in [6.07, 6.45) is -0.116. The SMILES string of the molecule is N=C(N)c1ccc(OC(=O)c2ccc(CCC(=O)N[C@@H](CS(=O)(=O)O)C(=O)O)s2)c(F)c1. The third kappa shape index (κ3) is 7.40. The van der Waals surface area contributed by atoms with Crippen LogP contribution in [0.2, 0.25) is 0 Å². The maximum atomic E-state index is 14.0. The van der Waals surface area contributed by atoms with Gasteiger partial charge < -0.3 is 20.9 Å². The Labute approximate surface area is 185 Å². The molecule has 11 nitrogen and oxygen atoms in total. The summed E-state index contributed by atoms with van der Waals surface area (Å²) < 4.78 is 49.4. The molecule has 1 aromatic carbocycles. The molecule has 0 fully saturated rings. The number of nitrogens with one attached hydrogen (secondary N) is 2.